The van der Waals surface area contributed by atoms with E-state index in [4.69, 9.17) is 15.2 Å². The minimum absolute atomic E-state index is 0.0122. The molecule has 0 bridgehead atoms. The molecule has 1 amide bonds. The molecule has 7 heteroatoms. The van der Waals surface area contributed by atoms with E-state index in [1.807, 2.05) is 25.1 Å². The second-order valence-corrected chi connectivity index (χ2v) is 8.67. The van der Waals surface area contributed by atoms with Gasteiger partial charge in [0.1, 0.15) is 0 Å². The largest absolute Gasteiger partial charge is 0.493 e. The number of nitrogens with zero attached hydrogens (tertiary/aromatic N) is 1. The van der Waals surface area contributed by atoms with Gasteiger partial charge < -0.3 is 24.9 Å². The van der Waals surface area contributed by atoms with Gasteiger partial charge in [-0.05, 0) is 49.9 Å². The molecule has 174 valence electrons. The molecular formula is C25H34N2O5. The summed E-state index contributed by atoms with van der Waals surface area (Å²) in [5, 5.41) is 9.82. The molecule has 1 aromatic carbocycles. The molecule has 1 unspecified atom stereocenters. The highest BCUT2D eigenvalue weighted by Crippen LogP contribution is 2.39. The number of benzene rings is 1. The quantitative estimate of drug-likeness (QED) is 0.541. The van der Waals surface area contributed by atoms with Crippen LogP contribution in [0.25, 0.3) is 11.3 Å². The first kappa shape index (κ1) is 23.7. The van der Waals surface area contributed by atoms with E-state index in [0.717, 1.165) is 17.7 Å². The van der Waals surface area contributed by atoms with E-state index >= 15 is 0 Å². The smallest absolute Gasteiger partial charge is 0.337 e. The number of aromatic carboxylic acids is 1. The Labute approximate surface area is 189 Å². The summed E-state index contributed by atoms with van der Waals surface area (Å²) in [6.45, 7) is 1.84. The van der Waals surface area contributed by atoms with Gasteiger partial charge in [0, 0.05) is 29.4 Å². The molecule has 2 aromatic rings. The zero-order valence-corrected chi connectivity index (χ0v) is 19.2. The average Bonchev–Trinajstić information content (AvgIpc) is 3.14. The van der Waals surface area contributed by atoms with Gasteiger partial charge in [0.25, 0.3) is 0 Å². The van der Waals surface area contributed by atoms with Crippen LogP contribution in [0.4, 0.5) is 0 Å². The van der Waals surface area contributed by atoms with Gasteiger partial charge in [-0.1, -0.05) is 32.1 Å². The highest BCUT2D eigenvalue weighted by molar-refractivity contribution is 5.91. The minimum Gasteiger partial charge on any atom is -0.493 e. The third-order valence-corrected chi connectivity index (χ3v) is 6.62. The zero-order valence-electron chi connectivity index (χ0n) is 19.2. The number of aromatic nitrogens is 1. The normalized spacial score (nSPS) is 15.3. The van der Waals surface area contributed by atoms with E-state index in [1.165, 1.54) is 32.1 Å². The molecular weight excluding hydrogens is 408 g/mol. The number of carbonyl (C=O) groups excluding carboxylic acids is 1. The standard InChI is InChI=1S/C25H34N2O5/c1-16-20(25(29)30)15-21(18-9-11-22(31-2)23(14-18)32-3)27(16)19(10-12-24(26)28)13-17-7-5-4-6-8-17/h9,11,14-15,17,19H,4-8,10,12-13H2,1-3H3,(H2,26,28)(H,29,30). The Morgan fingerprint density at radius 1 is 1.12 bits per heavy atom. The van der Waals surface area contributed by atoms with E-state index in [0.29, 0.717) is 29.5 Å². The lowest BCUT2D eigenvalue weighted by Gasteiger charge is -2.30. The molecule has 1 heterocycles. The number of hydrogen-bond acceptors (Lipinski definition) is 4. The third-order valence-electron chi connectivity index (χ3n) is 6.62. The lowest BCUT2D eigenvalue weighted by molar-refractivity contribution is -0.118. The van der Waals surface area contributed by atoms with Crippen molar-refractivity contribution >= 4 is 11.9 Å². The molecule has 0 saturated heterocycles. The second-order valence-electron chi connectivity index (χ2n) is 8.67. The van der Waals surface area contributed by atoms with E-state index < -0.39 is 5.97 Å². The van der Waals surface area contributed by atoms with E-state index in [-0.39, 0.29) is 23.9 Å². The summed E-state index contributed by atoms with van der Waals surface area (Å²) in [5.41, 5.74) is 8.08. The van der Waals surface area contributed by atoms with Crippen LogP contribution in [0.2, 0.25) is 0 Å². The van der Waals surface area contributed by atoms with Crippen molar-refractivity contribution in [1.29, 1.82) is 0 Å². The molecule has 1 atom stereocenters. The van der Waals surface area contributed by atoms with Crippen molar-refractivity contribution in [2.75, 3.05) is 14.2 Å². The lowest BCUT2D eigenvalue weighted by Crippen LogP contribution is -2.21. The van der Waals surface area contributed by atoms with Gasteiger partial charge in [-0.25, -0.2) is 4.79 Å². The van der Waals surface area contributed by atoms with Crippen LogP contribution in [-0.4, -0.2) is 35.8 Å². The molecule has 1 aliphatic rings. The van der Waals surface area contributed by atoms with Crippen LogP contribution in [0.3, 0.4) is 0 Å². The number of carboxylic acids is 1. The van der Waals surface area contributed by atoms with Gasteiger partial charge in [0.15, 0.2) is 11.5 Å². The first-order valence-corrected chi connectivity index (χ1v) is 11.3. The summed E-state index contributed by atoms with van der Waals surface area (Å²) in [6, 6.07) is 7.30. The number of primary amides is 1. The van der Waals surface area contributed by atoms with Gasteiger partial charge >= 0.3 is 5.97 Å². The molecule has 0 spiro atoms. The van der Waals surface area contributed by atoms with Crippen LogP contribution >= 0.6 is 0 Å². The van der Waals surface area contributed by atoms with Gasteiger partial charge in [-0.15, -0.1) is 0 Å². The molecule has 3 N–H and O–H groups in total. The van der Waals surface area contributed by atoms with Crippen molar-refractivity contribution in [2.24, 2.45) is 11.7 Å². The van der Waals surface area contributed by atoms with Crippen LogP contribution in [0, 0.1) is 12.8 Å². The van der Waals surface area contributed by atoms with Crippen LogP contribution in [0.15, 0.2) is 24.3 Å². The Bertz CT molecular complexity index is 959. The van der Waals surface area contributed by atoms with Crippen molar-refractivity contribution in [3.63, 3.8) is 0 Å². The third kappa shape index (κ3) is 5.26. The van der Waals surface area contributed by atoms with Crippen LogP contribution < -0.4 is 15.2 Å². The molecule has 1 saturated carbocycles. The monoisotopic (exact) mass is 442 g/mol. The van der Waals surface area contributed by atoms with Gasteiger partial charge in [-0.2, -0.15) is 0 Å². The van der Waals surface area contributed by atoms with E-state index in [9.17, 15) is 14.7 Å². The number of hydrogen-bond donors (Lipinski definition) is 2. The summed E-state index contributed by atoms with van der Waals surface area (Å²) in [7, 11) is 3.16. The molecule has 32 heavy (non-hydrogen) atoms. The predicted octanol–water partition coefficient (Wildman–Crippen LogP) is 4.96. The Hall–Kier alpha value is -2.96. The van der Waals surface area contributed by atoms with Crippen molar-refractivity contribution < 1.29 is 24.2 Å². The number of carbonyl (C=O) groups is 2. The Kier molecular flexibility index (Phi) is 7.83. The molecule has 1 aliphatic carbocycles. The lowest BCUT2D eigenvalue weighted by atomic mass is 9.83. The molecule has 7 nitrogen and oxygen atoms in total. The maximum Gasteiger partial charge on any atom is 0.337 e. The fourth-order valence-electron chi connectivity index (χ4n) is 5.00. The summed E-state index contributed by atoms with van der Waals surface area (Å²) < 4.78 is 12.9. The molecule has 1 fully saturated rings. The molecule has 1 aromatic heterocycles. The van der Waals surface area contributed by atoms with E-state index in [1.54, 1.807) is 20.3 Å². The fourth-order valence-corrected chi connectivity index (χ4v) is 5.00. The number of amides is 1. The number of carboxylic acid groups (broad SMARTS) is 1. The molecule has 0 radical (unpaired) electrons. The van der Waals surface area contributed by atoms with Crippen LogP contribution in [0.1, 0.15) is 73.5 Å². The minimum atomic E-state index is -0.964. The highest BCUT2D eigenvalue weighted by Gasteiger charge is 2.27. The second kappa shape index (κ2) is 10.6. The number of methoxy groups -OCH3 is 2. The Morgan fingerprint density at radius 2 is 1.81 bits per heavy atom. The van der Waals surface area contributed by atoms with Crippen molar-refractivity contribution in [2.45, 2.75) is 64.3 Å². The summed E-state index contributed by atoms with van der Waals surface area (Å²) >= 11 is 0. The number of ether oxygens (including phenoxy) is 2. The first-order chi connectivity index (χ1) is 15.3. The summed E-state index contributed by atoms with van der Waals surface area (Å²) in [4.78, 5) is 23.6. The highest BCUT2D eigenvalue weighted by atomic mass is 16.5. The summed E-state index contributed by atoms with van der Waals surface area (Å²) in [6.07, 6.45) is 7.81. The molecule has 3 rings (SSSR count). The fraction of sp³-hybridized carbons (Fsp3) is 0.520. The summed E-state index contributed by atoms with van der Waals surface area (Å²) in [5.74, 6) is 0.448. The van der Waals surface area contributed by atoms with Crippen molar-refractivity contribution in [1.82, 2.24) is 4.57 Å². The Balaban J connectivity index is 2.10. The topological polar surface area (TPSA) is 104 Å². The van der Waals surface area contributed by atoms with Crippen LogP contribution in [-0.2, 0) is 4.79 Å². The molecule has 0 aliphatic heterocycles. The maximum atomic E-state index is 12.0. The SMILES string of the molecule is COc1ccc(-c2cc(C(=O)O)c(C)n2C(CCC(N)=O)CC2CCCCC2)cc1OC. The number of nitrogens with two attached hydrogens (primary N) is 1. The Morgan fingerprint density at radius 3 is 2.41 bits per heavy atom. The van der Waals surface area contributed by atoms with E-state index in [2.05, 4.69) is 4.57 Å². The van der Waals surface area contributed by atoms with Gasteiger partial charge in [0.05, 0.1) is 19.8 Å². The predicted molar refractivity (Wildman–Crippen MR) is 123 cm³/mol. The number of rotatable bonds is 10. The van der Waals surface area contributed by atoms with Gasteiger partial charge in [-0.3, -0.25) is 4.79 Å². The van der Waals surface area contributed by atoms with Gasteiger partial charge in [0.2, 0.25) is 5.91 Å². The van der Waals surface area contributed by atoms with Crippen LogP contribution in [0.5, 0.6) is 11.5 Å². The van der Waals surface area contributed by atoms with Crippen molar-refractivity contribution in [3.05, 3.63) is 35.5 Å². The average molecular weight is 443 g/mol. The first-order valence-electron chi connectivity index (χ1n) is 11.3. The van der Waals surface area contributed by atoms with Crippen molar-refractivity contribution in [3.8, 4) is 22.8 Å². The zero-order chi connectivity index (χ0) is 23.3. The maximum absolute atomic E-state index is 12.0.